The van der Waals surface area contributed by atoms with Gasteiger partial charge in [-0.05, 0) is 129 Å². The largest absolute Gasteiger partial charge is 0.416 e. The maximum atomic E-state index is 13.2. The smallest absolute Gasteiger partial charge is 0.393 e. The topological polar surface area (TPSA) is 113 Å². The molecule has 49 heavy (non-hydrogen) atoms. The molecule has 4 saturated carbocycles. The van der Waals surface area contributed by atoms with E-state index in [2.05, 4.69) is 26.1 Å². The molecule has 5 rings (SSSR count). The van der Waals surface area contributed by atoms with Crippen molar-refractivity contribution in [2.75, 3.05) is 6.54 Å². The van der Waals surface area contributed by atoms with Crippen molar-refractivity contribution in [3.8, 4) is 0 Å². The van der Waals surface area contributed by atoms with E-state index in [1.54, 1.807) is 0 Å². The number of alkyl halides is 6. The number of hydrogen-bond donors (Lipinski definition) is 3. The summed E-state index contributed by atoms with van der Waals surface area (Å²) in [7, 11) is -5.06. The normalized spacial score (nSPS) is 33.9. The van der Waals surface area contributed by atoms with Crippen LogP contribution in [0.5, 0.6) is 0 Å². The highest BCUT2D eigenvalue weighted by Gasteiger charge is 2.60. The summed E-state index contributed by atoms with van der Waals surface area (Å²) in [6.07, 6.45) is -0.338. The van der Waals surface area contributed by atoms with Crippen LogP contribution in [0.15, 0.2) is 23.1 Å². The Balaban J connectivity index is 1.10. The Morgan fingerprint density at radius 2 is 1.47 bits per heavy atom. The van der Waals surface area contributed by atoms with Crippen LogP contribution < -0.4 is 10.0 Å². The molecule has 3 N–H and O–H groups in total. The highest BCUT2D eigenvalue weighted by molar-refractivity contribution is 7.90. The average molecular weight is 723 g/mol. The van der Waals surface area contributed by atoms with Crippen LogP contribution in [-0.2, 0) is 32.0 Å². The van der Waals surface area contributed by atoms with Gasteiger partial charge in [-0.15, -0.1) is 0 Å². The van der Waals surface area contributed by atoms with E-state index < -0.39 is 50.7 Å². The van der Waals surface area contributed by atoms with Crippen LogP contribution in [0, 0.1) is 46.3 Å². The molecule has 0 saturated heterocycles. The monoisotopic (exact) mass is 722 g/mol. The molecule has 14 heteroatoms. The number of fused-ring (bicyclic) bond motifs is 5. The second kappa shape index (κ2) is 13.7. The summed E-state index contributed by atoms with van der Waals surface area (Å²) >= 11 is 0. The minimum absolute atomic E-state index is 0.0277. The molecular weight excluding hydrogens is 674 g/mol. The second-order valence-corrected chi connectivity index (χ2v) is 17.4. The molecule has 0 radical (unpaired) electrons. The summed E-state index contributed by atoms with van der Waals surface area (Å²) in [5.41, 5.74) is -3.14. The first-order valence-corrected chi connectivity index (χ1v) is 18.9. The van der Waals surface area contributed by atoms with Crippen molar-refractivity contribution in [3.63, 3.8) is 0 Å². The molecule has 4 fully saturated rings. The number of amides is 2. The van der Waals surface area contributed by atoms with Gasteiger partial charge < -0.3 is 10.4 Å². The lowest BCUT2D eigenvalue weighted by Gasteiger charge is -2.61. The van der Waals surface area contributed by atoms with Gasteiger partial charge in [0, 0.05) is 19.4 Å². The lowest BCUT2D eigenvalue weighted by Crippen LogP contribution is -2.54. The summed E-state index contributed by atoms with van der Waals surface area (Å²) < 4.78 is 106. The predicted molar refractivity (Wildman–Crippen MR) is 169 cm³/mol. The molecule has 1 aromatic carbocycles. The minimum Gasteiger partial charge on any atom is -0.393 e. The van der Waals surface area contributed by atoms with E-state index in [0.717, 1.165) is 25.7 Å². The molecule has 5 unspecified atom stereocenters. The number of sulfonamides is 1. The maximum absolute atomic E-state index is 13.2. The Labute approximate surface area is 284 Å². The van der Waals surface area contributed by atoms with E-state index in [-0.39, 0.29) is 54.5 Å². The van der Waals surface area contributed by atoms with Crippen LogP contribution >= 0.6 is 0 Å². The van der Waals surface area contributed by atoms with Crippen LogP contribution in [-0.4, -0.2) is 38.0 Å². The highest BCUT2D eigenvalue weighted by atomic mass is 32.2. The number of benzene rings is 1. The minimum atomic E-state index is -5.26. The number of nitrogens with one attached hydrogen (secondary N) is 2. The van der Waals surface area contributed by atoms with E-state index in [0.29, 0.717) is 41.4 Å². The molecule has 9 atom stereocenters. The number of halogens is 6. The van der Waals surface area contributed by atoms with Crippen molar-refractivity contribution >= 4 is 21.8 Å². The van der Waals surface area contributed by atoms with E-state index in [1.807, 2.05) is 0 Å². The molecule has 4 aliphatic rings. The fourth-order valence-electron chi connectivity index (χ4n) is 10.5. The molecule has 2 amide bonds. The molecule has 4 aliphatic carbocycles. The standard InChI is InChI=1S/C35H48F6N2O5S/c1-20(27-7-8-28-26-6-5-21-17-24(44)10-13-32(21,2)29(26)11-14-33(27,28)3)4-9-30(45)42-15-12-31(46)43-49(47,48)25-18-22(34(36,37)38)16-23(19-25)35(39,40)41/h16,18-21,24,26-29,44H,4-15,17H2,1-3H3,(H,42,45)(H,43,46)/t20-,21?,24-,26?,27?,28?,29?,32+,33-/m1/s1. The molecule has 0 aliphatic heterocycles. The fourth-order valence-corrected chi connectivity index (χ4v) is 11.6. The zero-order chi connectivity index (χ0) is 36.2. The average Bonchev–Trinajstić information content (AvgIpc) is 3.36. The fraction of sp³-hybridized carbons (Fsp3) is 0.771. The number of aliphatic hydroxyl groups is 1. The Hall–Kier alpha value is -2.35. The molecular formula is C35H48F6N2O5S. The van der Waals surface area contributed by atoms with E-state index in [4.69, 9.17) is 0 Å². The molecule has 276 valence electrons. The van der Waals surface area contributed by atoms with Crippen molar-refractivity contribution in [1.82, 2.24) is 10.0 Å². The zero-order valence-electron chi connectivity index (χ0n) is 28.2. The third-order valence-electron chi connectivity index (χ3n) is 13.0. The molecule has 0 bridgehead atoms. The van der Waals surface area contributed by atoms with Crippen LogP contribution in [0.3, 0.4) is 0 Å². The molecule has 1 aromatic rings. The van der Waals surface area contributed by atoms with Gasteiger partial charge in [0.25, 0.3) is 10.0 Å². The molecule has 0 spiro atoms. The van der Waals surface area contributed by atoms with Gasteiger partial charge in [-0.3, -0.25) is 9.59 Å². The number of hydrogen-bond acceptors (Lipinski definition) is 5. The molecule has 0 heterocycles. The first-order valence-electron chi connectivity index (χ1n) is 17.4. The Kier molecular flexibility index (Phi) is 10.6. The van der Waals surface area contributed by atoms with Gasteiger partial charge in [0.2, 0.25) is 11.8 Å². The van der Waals surface area contributed by atoms with Crippen molar-refractivity contribution in [3.05, 3.63) is 29.3 Å². The van der Waals surface area contributed by atoms with Crippen molar-refractivity contribution in [1.29, 1.82) is 0 Å². The summed E-state index contributed by atoms with van der Waals surface area (Å²) in [5, 5.41) is 12.9. The van der Waals surface area contributed by atoms with Gasteiger partial charge in [0.05, 0.1) is 22.1 Å². The van der Waals surface area contributed by atoms with Crippen LogP contribution in [0.4, 0.5) is 26.3 Å². The first-order chi connectivity index (χ1) is 22.6. The lowest BCUT2D eigenvalue weighted by atomic mass is 9.44. The Bertz CT molecular complexity index is 1480. The molecule has 7 nitrogen and oxygen atoms in total. The third-order valence-corrected chi connectivity index (χ3v) is 14.4. The summed E-state index contributed by atoms with van der Waals surface area (Å²) in [4.78, 5) is 23.6. The third kappa shape index (κ3) is 7.79. The SMILES string of the molecule is C[C@H](CCC(=O)NCCC(=O)NS(=O)(=O)c1cc(C(F)(F)F)cc(C(F)(F)F)c1)C1CCC2C3CCC4C[C@H](O)CC[C@]4(C)C3CC[C@@]21C. The molecule has 0 aromatic heterocycles. The number of rotatable bonds is 9. The van der Waals surface area contributed by atoms with E-state index in [9.17, 15) is 49.5 Å². The van der Waals surface area contributed by atoms with Gasteiger partial charge in [0.1, 0.15) is 0 Å². The Morgan fingerprint density at radius 3 is 2.10 bits per heavy atom. The van der Waals surface area contributed by atoms with E-state index >= 15 is 0 Å². The zero-order valence-corrected chi connectivity index (χ0v) is 29.0. The van der Waals surface area contributed by atoms with Crippen LogP contribution in [0.2, 0.25) is 0 Å². The predicted octanol–water partition coefficient (Wildman–Crippen LogP) is 7.47. The lowest BCUT2D eigenvalue weighted by molar-refractivity contribution is -0.143. The van der Waals surface area contributed by atoms with Crippen molar-refractivity contribution in [2.45, 2.75) is 121 Å². The van der Waals surface area contributed by atoms with Gasteiger partial charge in [-0.2, -0.15) is 26.3 Å². The first kappa shape index (κ1) is 37.9. The maximum Gasteiger partial charge on any atom is 0.416 e. The number of carbonyl (C=O) groups excluding carboxylic acids is 2. The highest BCUT2D eigenvalue weighted by Crippen LogP contribution is 2.68. The second-order valence-electron chi connectivity index (χ2n) is 15.7. The number of aliphatic hydroxyl groups excluding tert-OH is 1. The Morgan fingerprint density at radius 1 is 0.857 bits per heavy atom. The van der Waals surface area contributed by atoms with Crippen LogP contribution in [0.25, 0.3) is 0 Å². The van der Waals surface area contributed by atoms with Gasteiger partial charge in [-0.25, -0.2) is 13.1 Å². The van der Waals surface area contributed by atoms with Crippen molar-refractivity contribution in [2.24, 2.45) is 46.3 Å². The van der Waals surface area contributed by atoms with Crippen molar-refractivity contribution < 1.29 is 49.5 Å². The van der Waals surface area contributed by atoms with Gasteiger partial charge in [0.15, 0.2) is 0 Å². The van der Waals surface area contributed by atoms with E-state index in [1.165, 1.54) is 36.8 Å². The summed E-state index contributed by atoms with van der Waals surface area (Å²) in [6.45, 7) is 6.85. The van der Waals surface area contributed by atoms with Gasteiger partial charge in [-0.1, -0.05) is 20.8 Å². The van der Waals surface area contributed by atoms with Gasteiger partial charge >= 0.3 is 12.4 Å². The quantitative estimate of drug-likeness (QED) is 0.229. The summed E-state index contributed by atoms with van der Waals surface area (Å²) in [5.74, 6) is 1.91. The number of carbonyl (C=O) groups is 2. The van der Waals surface area contributed by atoms with Crippen LogP contribution in [0.1, 0.15) is 109 Å². The summed E-state index contributed by atoms with van der Waals surface area (Å²) in [6, 6.07) is -0.151.